The molecule has 0 radical (unpaired) electrons. The highest BCUT2D eigenvalue weighted by atomic mass is 79.9. The highest BCUT2D eigenvalue weighted by molar-refractivity contribution is 9.10. The van der Waals surface area contributed by atoms with Crippen LogP contribution in [0.2, 0.25) is 0 Å². The molecule has 1 nitrogen and oxygen atoms in total. The van der Waals surface area contributed by atoms with Crippen molar-refractivity contribution >= 4 is 26.8 Å². The fourth-order valence-corrected chi connectivity index (χ4v) is 1.96. The number of pyridine rings is 1. The van der Waals surface area contributed by atoms with E-state index in [9.17, 15) is 0 Å². The van der Waals surface area contributed by atoms with Gasteiger partial charge in [-0.25, -0.2) is 0 Å². The third-order valence-corrected chi connectivity index (χ3v) is 2.74. The molecule has 13 heavy (non-hydrogen) atoms. The third kappa shape index (κ3) is 1.59. The largest absolute Gasteiger partial charge is 0.253 e. The molecule has 0 spiro atoms. The average molecular weight is 236 g/mol. The van der Waals surface area contributed by atoms with E-state index in [1.165, 1.54) is 5.39 Å². The van der Waals surface area contributed by atoms with Crippen molar-refractivity contribution in [2.24, 2.45) is 0 Å². The maximum absolute atomic E-state index is 4.52. The molecule has 2 heteroatoms. The van der Waals surface area contributed by atoms with Gasteiger partial charge < -0.3 is 0 Å². The van der Waals surface area contributed by atoms with Crippen LogP contribution in [-0.2, 0) is 6.42 Å². The van der Waals surface area contributed by atoms with E-state index < -0.39 is 0 Å². The number of aryl methyl sites for hydroxylation is 1. The number of fused-ring (bicyclic) bond motifs is 1. The molecule has 66 valence electrons. The first-order chi connectivity index (χ1) is 6.31. The summed E-state index contributed by atoms with van der Waals surface area (Å²) in [6.45, 7) is 2.11. The van der Waals surface area contributed by atoms with E-state index >= 15 is 0 Å². The zero-order valence-electron chi connectivity index (χ0n) is 7.42. The van der Waals surface area contributed by atoms with Crippen LogP contribution in [0.25, 0.3) is 10.9 Å². The monoisotopic (exact) mass is 235 g/mol. The van der Waals surface area contributed by atoms with Gasteiger partial charge in [-0.1, -0.05) is 41.1 Å². The first kappa shape index (κ1) is 8.70. The standard InChI is InChI=1S/C11H10BrN/c1-2-8-7-10(12)9-5-3-4-6-11(9)13-8/h3-7H,2H2,1H3. The number of para-hydroxylation sites is 1. The van der Waals surface area contributed by atoms with E-state index in [-0.39, 0.29) is 0 Å². The minimum absolute atomic E-state index is 0.976. The van der Waals surface area contributed by atoms with E-state index in [2.05, 4.69) is 40.0 Å². The smallest absolute Gasteiger partial charge is 0.0716 e. The van der Waals surface area contributed by atoms with E-state index in [1.54, 1.807) is 0 Å². The molecule has 0 aliphatic carbocycles. The van der Waals surface area contributed by atoms with Crippen LogP contribution >= 0.6 is 15.9 Å². The summed E-state index contributed by atoms with van der Waals surface area (Å²) < 4.78 is 1.13. The van der Waals surface area contributed by atoms with Crippen LogP contribution in [0.15, 0.2) is 34.8 Å². The molecule has 2 rings (SSSR count). The molecule has 1 aromatic heterocycles. The number of hydrogen-bond donors (Lipinski definition) is 0. The van der Waals surface area contributed by atoms with Crippen molar-refractivity contribution in [3.8, 4) is 0 Å². The van der Waals surface area contributed by atoms with Crippen LogP contribution in [0.5, 0.6) is 0 Å². The molecular formula is C11H10BrN. The number of halogens is 1. The summed E-state index contributed by atoms with van der Waals surface area (Å²) in [7, 11) is 0. The van der Waals surface area contributed by atoms with Gasteiger partial charge in [0.15, 0.2) is 0 Å². The van der Waals surface area contributed by atoms with Crippen molar-refractivity contribution in [1.82, 2.24) is 4.98 Å². The third-order valence-electron chi connectivity index (χ3n) is 2.08. The molecular weight excluding hydrogens is 226 g/mol. The van der Waals surface area contributed by atoms with Gasteiger partial charge in [0.2, 0.25) is 0 Å². The summed E-state index contributed by atoms with van der Waals surface area (Å²) in [6.07, 6.45) is 0.976. The summed E-state index contributed by atoms with van der Waals surface area (Å²) in [5.41, 5.74) is 2.19. The Labute approximate surface area is 85.9 Å². The summed E-state index contributed by atoms with van der Waals surface area (Å²) in [5, 5.41) is 1.18. The summed E-state index contributed by atoms with van der Waals surface area (Å²) in [5.74, 6) is 0. The minimum Gasteiger partial charge on any atom is -0.253 e. The van der Waals surface area contributed by atoms with E-state index in [0.717, 1.165) is 22.1 Å². The van der Waals surface area contributed by atoms with Crippen molar-refractivity contribution in [2.75, 3.05) is 0 Å². The van der Waals surface area contributed by atoms with Gasteiger partial charge in [0, 0.05) is 15.6 Å². The lowest BCUT2D eigenvalue weighted by Crippen LogP contribution is -1.88. The lowest BCUT2D eigenvalue weighted by atomic mass is 10.2. The Morgan fingerprint density at radius 1 is 1.31 bits per heavy atom. The maximum Gasteiger partial charge on any atom is 0.0716 e. The molecule has 0 aliphatic heterocycles. The number of nitrogens with zero attached hydrogens (tertiary/aromatic N) is 1. The number of benzene rings is 1. The van der Waals surface area contributed by atoms with Crippen LogP contribution in [-0.4, -0.2) is 4.98 Å². The summed E-state index contributed by atoms with van der Waals surface area (Å²) >= 11 is 3.55. The first-order valence-electron chi connectivity index (χ1n) is 4.35. The van der Waals surface area contributed by atoms with Crippen LogP contribution in [0.4, 0.5) is 0 Å². The normalized spacial score (nSPS) is 10.6. The summed E-state index contributed by atoms with van der Waals surface area (Å²) in [6, 6.07) is 10.2. The second-order valence-corrected chi connectivity index (χ2v) is 3.82. The molecule has 2 aromatic rings. The Balaban J connectivity index is 2.77. The number of rotatable bonds is 1. The predicted octanol–water partition coefficient (Wildman–Crippen LogP) is 3.56. The average Bonchev–Trinajstić information content (AvgIpc) is 2.18. The number of hydrogen-bond acceptors (Lipinski definition) is 1. The fraction of sp³-hybridized carbons (Fsp3) is 0.182. The second kappa shape index (κ2) is 3.46. The molecule has 0 N–H and O–H groups in total. The molecule has 1 aromatic carbocycles. The highest BCUT2D eigenvalue weighted by Crippen LogP contribution is 2.23. The topological polar surface area (TPSA) is 12.9 Å². The van der Waals surface area contributed by atoms with Gasteiger partial charge in [0.1, 0.15) is 0 Å². The van der Waals surface area contributed by atoms with Crippen molar-refractivity contribution in [3.63, 3.8) is 0 Å². The quantitative estimate of drug-likeness (QED) is 0.737. The minimum atomic E-state index is 0.976. The molecule has 0 unspecified atom stereocenters. The lowest BCUT2D eigenvalue weighted by molar-refractivity contribution is 1.05. The molecule has 0 saturated carbocycles. The Morgan fingerprint density at radius 3 is 2.85 bits per heavy atom. The van der Waals surface area contributed by atoms with Crippen LogP contribution in [0, 0.1) is 0 Å². The molecule has 0 fully saturated rings. The Hall–Kier alpha value is -0.890. The molecule has 0 amide bonds. The SMILES string of the molecule is CCc1cc(Br)c2ccccc2n1. The van der Waals surface area contributed by atoms with E-state index in [0.29, 0.717) is 0 Å². The Bertz CT molecular complexity index is 437. The van der Waals surface area contributed by atoms with Gasteiger partial charge in [0.25, 0.3) is 0 Å². The van der Waals surface area contributed by atoms with Crippen LogP contribution < -0.4 is 0 Å². The van der Waals surface area contributed by atoms with Gasteiger partial charge in [0.05, 0.1) is 5.52 Å². The second-order valence-electron chi connectivity index (χ2n) is 2.97. The van der Waals surface area contributed by atoms with Gasteiger partial charge in [-0.2, -0.15) is 0 Å². The van der Waals surface area contributed by atoms with Crippen molar-refractivity contribution in [3.05, 3.63) is 40.5 Å². The number of aromatic nitrogens is 1. The first-order valence-corrected chi connectivity index (χ1v) is 5.14. The molecule has 0 atom stereocenters. The van der Waals surface area contributed by atoms with Crippen LogP contribution in [0.1, 0.15) is 12.6 Å². The zero-order chi connectivity index (χ0) is 9.26. The van der Waals surface area contributed by atoms with Gasteiger partial charge in [-0.15, -0.1) is 0 Å². The molecule has 0 bridgehead atoms. The Morgan fingerprint density at radius 2 is 2.08 bits per heavy atom. The summed E-state index contributed by atoms with van der Waals surface area (Å²) in [4.78, 5) is 4.52. The molecule has 1 heterocycles. The van der Waals surface area contributed by atoms with Crippen molar-refractivity contribution in [2.45, 2.75) is 13.3 Å². The zero-order valence-corrected chi connectivity index (χ0v) is 9.01. The molecule has 0 saturated heterocycles. The van der Waals surface area contributed by atoms with E-state index in [1.807, 2.05) is 18.2 Å². The Kier molecular flexibility index (Phi) is 2.32. The van der Waals surface area contributed by atoms with Crippen molar-refractivity contribution < 1.29 is 0 Å². The van der Waals surface area contributed by atoms with Crippen LogP contribution in [0.3, 0.4) is 0 Å². The highest BCUT2D eigenvalue weighted by Gasteiger charge is 2.00. The maximum atomic E-state index is 4.52. The van der Waals surface area contributed by atoms with Gasteiger partial charge in [-0.05, 0) is 18.6 Å². The fourth-order valence-electron chi connectivity index (χ4n) is 1.37. The molecule has 0 aliphatic rings. The van der Waals surface area contributed by atoms with Crippen molar-refractivity contribution in [1.29, 1.82) is 0 Å². The van der Waals surface area contributed by atoms with Gasteiger partial charge >= 0.3 is 0 Å². The van der Waals surface area contributed by atoms with E-state index in [4.69, 9.17) is 0 Å². The predicted molar refractivity (Wildman–Crippen MR) is 58.8 cm³/mol. The lowest BCUT2D eigenvalue weighted by Gasteiger charge is -2.02. The van der Waals surface area contributed by atoms with Gasteiger partial charge in [-0.3, -0.25) is 4.98 Å².